The number of nitrogens with zero attached hydrogens (tertiary/aromatic N) is 8. The first-order valence-corrected chi connectivity index (χ1v) is 16.1. The molecule has 17 heteroatoms. The van der Waals surface area contributed by atoms with Crippen LogP contribution < -0.4 is 23.3 Å². The molecule has 1 aliphatic rings. The van der Waals surface area contributed by atoms with Crippen LogP contribution in [0, 0.1) is 13.5 Å². The molecule has 1 aliphatic heterocycles. The van der Waals surface area contributed by atoms with E-state index in [1.807, 2.05) is 13.0 Å². The molecule has 272 valence electrons. The first kappa shape index (κ1) is 37.6. The van der Waals surface area contributed by atoms with E-state index in [2.05, 4.69) is 27.5 Å². The molecule has 2 aromatic carbocycles. The number of aromatic nitrogens is 5. The van der Waals surface area contributed by atoms with E-state index >= 15 is 0 Å². The molecule has 4 heterocycles. The minimum absolute atomic E-state index is 0. The molecular formula is C35H35ClF3N9O4. The average Bonchev–Trinajstić information content (AvgIpc) is 3.81. The maximum absolute atomic E-state index is 14.1. The van der Waals surface area contributed by atoms with E-state index < -0.39 is 29.2 Å². The summed E-state index contributed by atoms with van der Waals surface area (Å²) in [4.78, 5) is 46.9. The van der Waals surface area contributed by atoms with Crippen molar-refractivity contribution in [1.29, 1.82) is 0 Å². The Morgan fingerprint density at radius 3 is 2.38 bits per heavy atom. The average molecular weight is 738 g/mol. The molecule has 0 unspecified atom stereocenters. The van der Waals surface area contributed by atoms with Gasteiger partial charge in [-0.05, 0) is 50.2 Å². The number of alkyl halides is 3. The van der Waals surface area contributed by atoms with E-state index in [9.17, 15) is 27.6 Å². The number of aryl methyl sites for hydroxylation is 1. The fourth-order valence-corrected chi connectivity index (χ4v) is 6.38. The van der Waals surface area contributed by atoms with Gasteiger partial charge in [0, 0.05) is 13.1 Å². The molecular weight excluding hydrogens is 703 g/mol. The third kappa shape index (κ3) is 7.37. The second kappa shape index (κ2) is 14.5. The highest BCUT2D eigenvalue weighted by Gasteiger charge is 2.36. The van der Waals surface area contributed by atoms with Crippen LogP contribution in [-0.4, -0.2) is 84.8 Å². The summed E-state index contributed by atoms with van der Waals surface area (Å²) >= 11 is 0. The van der Waals surface area contributed by atoms with Gasteiger partial charge in [0.15, 0.2) is 5.69 Å². The zero-order chi connectivity index (χ0) is 36.7. The fourth-order valence-electron chi connectivity index (χ4n) is 6.38. The number of piperazine rings is 1. The van der Waals surface area contributed by atoms with Crippen molar-refractivity contribution in [2.45, 2.75) is 32.6 Å². The highest BCUT2D eigenvalue weighted by Crippen LogP contribution is 2.32. The van der Waals surface area contributed by atoms with Crippen LogP contribution in [0.4, 0.5) is 18.9 Å². The molecule has 52 heavy (non-hydrogen) atoms. The number of carbonyl (C=O) groups excluding carboxylic acids is 2. The summed E-state index contributed by atoms with van der Waals surface area (Å²) < 4.78 is 50.7. The van der Waals surface area contributed by atoms with E-state index in [1.54, 1.807) is 35.2 Å². The van der Waals surface area contributed by atoms with Gasteiger partial charge in [0.05, 0.1) is 68.6 Å². The maximum Gasteiger partial charge on any atom is 0.416 e. The Hall–Kier alpha value is -5.66. The van der Waals surface area contributed by atoms with Crippen molar-refractivity contribution in [3.8, 4) is 22.8 Å². The lowest BCUT2D eigenvalue weighted by Gasteiger charge is -2.42. The molecule has 1 N–H and O–H groups in total. The second-order valence-electron chi connectivity index (χ2n) is 12.8. The standard InChI is InChI=1S/C35H34F3N9O4.ClH/c1-22-19-26(42-51-22)21-47(5)17-15-44(16-18-47)33(49)23(2)41-32(48)30-31(29-13-14-40-45(29)27-11-9-25(39-3)10-12-27)43(4)46(34(30)50)28-8-6-7-24(20-28)35(36,37)38;/h6-14,19-20,23H,15-18,21H2,1-2,4-5H3;1H/t23-;/m0./s1. The van der Waals surface area contributed by atoms with Crippen LogP contribution in [-0.2, 0) is 24.6 Å². The monoisotopic (exact) mass is 737 g/mol. The zero-order valence-corrected chi connectivity index (χ0v) is 29.4. The smallest absolute Gasteiger partial charge is 0.416 e. The summed E-state index contributed by atoms with van der Waals surface area (Å²) in [5.41, 5.74) is -0.337. The summed E-state index contributed by atoms with van der Waals surface area (Å²) in [6.07, 6.45) is -3.23. The number of hydrogen-bond acceptors (Lipinski definition) is 6. The predicted octanol–water partition coefficient (Wildman–Crippen LogP) is 1.51. The van der Waals surface area contributed by atoms with E-state index in [0.29, 0.717) is 48.6 Å². The summed E-state index contributed by atoms with van der Waals surface area (Å²) in [6, 6.07) is 13.1. The number of benzene rings is 2. The Labute approximate surface area is 302 Å². The van der Waals surface area contributed by atoms with Crippen LogP contribution in [0.15, 0.2) is 76.2 Å². The molecule has 13 nitrogen and oxygen atoms in total. The van der Waals surface area contributed by atoms with Gasteiger partial charge in [-0.15, -0.1) is 0 Å². The van der Waals surface area contributed by atoms with Crippen molar-refractivity contribution in [1.82, 2.24) is 34.5 Å². The van der Waals surface area contributed by atoms with Crippen molar-refractivity contribution >= 4 is 17.5 Å². The van der Waals surface area contributed by atoms with Gasteiger partial charge in [-0.3, -0.25) is 19.1 Å². The SMILES string of the molecule is [C-]#[N+]c1ccc(-n2nccc2-c2c(C(=O)N[C@@H](C)C(=O)N3CC[N+](C)(Cc4cc(C)on4)CC3)c(=O)n(-c3cccc(C(F)(F)F)c3)n2C)cc1.[Cl-]. The van der Waals surface area contributed by atoms with E-state index in [1.165, 1.54) is 41.7 Å². The molecule has 0 radical (unpaired) electrons. The highest BCUT2D eigenvalue weighted by atomic mass is 35.5. The van der Waals surface area contributed by atoms with Gasteiger partial charge in [-0.25, -0.2) is 14.2 Å². The van der Waals surface area contributed by atoms with Gasteiger partial charge < -0.3 is 31.6 Å². The fraction of sp³-hybridized carbons (Fsp3) is 0.314. The summed E-state index contributed by atoms with van der Waals surface area (Å²) in [6.45, 7) is 13.4. The van der Waals surface area contributed by atoms with Crippen molar-refractivity contribution in [3.63, 3.8) is 0 Å². The van der Waals surface area contributed by atoms with Gasteiger partial charge in [0.25, 0.3) is 11.5 Å². The van der Waals surface area contributed by atoms with Crippen LogP contribution in [0.5, 0.6) is 0 Å². The molecule has 3 aromatic heterocycles. The van der Waals surface area contributed by atoms with Crippen LogP contribution in [0.1, 0.15) is 34.3 Å². The molecule has 0 aliphatic carbocycles. The number of hydrogen-bond donors (Lipinski definition) is 1. The molecule has 0 spiro atoms. The Bertz CT molecular complexity index is 2200. The van der Waals surface area contributed by atoms with Crippen LogP contribution in [0.25, 0.3) is 27.6 Å². The first-order valence-electron chi connectivity index (χ1n) is 16.1. The maximum atomic E-state index is 14.1. The Morgan fingerprint density at radius 2 is 1.77 bits per heavy atom. The van der Waals surface area contributed by atoms with E-state index in [-0.39, 0.29) is 41.0 Å². The second-order valence-corrected chi connectivity index (χ2v) is 12.8. The Balaban J connectivity index is 0.00000523. The quantitative estimate of drug-likeness (QED) is 0.190. The molecule has 1 atom stereocenters. The molecule has 1 saturated heterocycles. The van der Waals surface area contributed by atoms with Gasteiger partial charge in [-0.2, -0.15) is 18.3 Å². The van der Waals surface area contributed by atoms with Crippen molar-refractivity contribution in [3.05, 3.63) is 111 Å². The molecule has 2 amide bonds. The van der Waals surface area contributed by atoms with Gasteiger partial charge >= 0.3 is 6.18 Å². The van der Waals surface area contributed by atoms with Crippen molar-refractivity contribution in [2.24, 2.45) is 7.05 Å². The number of halogens is 4. The van der Waals surface area contributed by atoms with Gasteiger partial charge in [0.2, 0.25) is 5.91 Å². The zero-order valence-electron chi connectivity index (χ0n) is 28.7. The lowest BCUT2D eigenvalue weighted by atomic mass is 10.1. The largest absolute Gasteiger partial charge is 1.00 e. The van der Waals surface area contributed by atoms with Crippen molar-refractivity contribution in [2.75, 3.05) is 33.2 Å². The molecule has 1 fully saturated rings. The minimum atomic E-state index is -4.68. The highest BCUT2D eigenvalue weighted by molar-refractivity contribution is 6.02. The minimum Gasteiger partial charge on any atom is -1.00 e. The number of quaternary nitrogens is 1. The molecule has 0 bridgehead atoms. The van der Waals surface area contributed by atoms with Crippen LogP contribution >= 0.6 is 0 Å². The molecule has 5 aromatic rings. The number of carbonyl (C=O) groups is 2. The molecule has 6 rings (SSSR count). The van der Waals surface area contributed by atoms with Crippen LogP contribution in [0.2, 0.25) is 0 Å². The lowest BCUT2D eigenvalue weighted by Crippen LogP contribution is -3.00. The Kier molecular flexibility index (Phi) is 10.5. The lowest BCUT2D eigenvalue weighted by molar-refractivity contribution is -0.926. The number of likely N-dealkylation sites (N-methyl/N-ethyl adjacent to an activating group) is 1. The molecule has 0 saturated carbocycles. The van der Waals surface area contributed by atoms with E-state index in [0.717, 1.165) is 28.3 Å². The normalized spacial score (nSPS) is 14.7. The topological polar surface area (TPSA) is 125 Å². The Morgan fingerprint density at radius 1 is 1.08 bits per heavy atom. The summed E-state index contributed by atoms with van der Waals surface area (Å²) in [5.74, 6) is -0.502. The third-order valence-electron chi connectivity index (χ3n) is 9.09. The van der Waals surface area contributed by atoms with Crippen molar-refractivity contribution < 1.29 is 44.2 Å². The van der Waals surface area contributed by atoms with E-state index in [4.69, 9.17) is 11.1 Å². The predicted molar refractivity (Wildman–Crippen MR) is 179 cm³/mol. The van der Waals surface area contributed by atoms with Gasteiger partial charge in [-0.1, -0.05) is 23.4 Å². The number of amides is 2. The summed E-state index contributed by atoms with van der Waals surface area (Å²) in [5, 5.41) is 11.1. The van der Waals surface area contributed by atoms with Crippen LogP contribution in [0.3, 0.4) is 0 Å². The first-order chi connectivity index (χ1) is 24.2. The third-order valence-corrected chi connectivity index (χ3v) is 9.09. The van der Waals surface area contributed by atoms with Gasteiger partial charge in [0.1, 0.15) is 35.3 Å². The summed E-state index contributed by atoms with van der Waals surface area (Å²) in [7, 11) is 3.53. The number of rotatable bonds is 8. The number of nitrogens with one attached hydrogen (secondary N) is 1.